The second-order valence-corrected chi connectivity index (χ2v) is 7.75. The van der Waals surface area contributed by atoms with Crippen molar-refractivity contribution in [2.45, 2.75) is 18.5 Å². The summed E-state index contributed by atoms with van der Waals surface area (Å²) in [5, 5.41) is 12.0. The fraction of sp³-hybridized carbons (Fsp3) is 0.125. The van der Waals surface area contributed by atoms with Gasteiger partial charge in [-0.15, -0.1) is 10.2 Å². The van der Waals surface area contributed by atoms with E-state index < -0.39 is 0 Å². The van der Waals surface area contributed by atoms with Gasteiger partial charge in [-0.2, -0.15) is 0 Å². The van der Waals surface area contributed by atoms with E-state index in [1.54, 1.807) is 22.8 Å². The van der Waals surface area contributed by atoms with Crippen molar-refractivity contribution in [3.05, 3.63) is 90.2 Å². The van der Waals surface area contributed by atoms with Gasteiger partial charge in [0.15, 0.2) is 11.0 Å². The molecule has 0 aliphatic rings. The molecule has 4 rings (SSSR count). The number of anilines is 1. The average Bonchev–Trinajstić information content (AvgIpc) is 3.22. The van der Waals surface area contributed by atoms with E-state index in [9.17, 15) is 9.18 Å². The number of nitrogens with zero attached hydrogens (tertiary/aromatic N) is 3. The predicted octanol–water partition coefficient (Wildman–Crippen LogP) is 5.37. The summed E-state index contributed by atoms with van der Waals surface area (Å²) in [6, 6.07) is 23.7. The van der Waals surface area contributed by atoms with Gasteiger partial charge in [-0.3, -0.25) is 9.36 Å². The number of hydrogen-bond acceptors (Lipinski definition) is 4. The van der Waals surface area contributed by atoms with Crippen LogP contribution in [0.3, 0.4) is 0 Å². The number of halogens is 1. The van der Waals surface area contributed by atoms with Crippen LogP contribution in [0, 0.1) is 5.82 Å². The number of carbonyl (C=O) groups excluding carboxylic acids is 1. The van der Waals surface area contributed by atoms with Crippen LogP contribution in [0.1, 0.15) is 12.5 Å². The van der Waals surface area contributed by atoms with Crippen molar-refractivity contribution in [2.24, 2.45) is 0 Å². The predicted molar refractivity (Wildman–Crippen MR) is 122 cm³/mol. The lowest BCUT2D eigenvalue weighted by Gasteiger charge is -2.11. The molecule has 7 heteroatoms. The zero-order chi connectivity index (χ0) is 21.6. The van der Waals surface area contributed by atoms with Crippen LogP contribution in [0.4, 0.5) is 10.1 Å². The summed E-state index contributed by atoms with van der Waals surface area (Å²) < 4.78 is 16.2. The van der Waals surface area contributed by atoms with E-state index in [2.05, 4.69) is 15.5 Å². The number of hydrogen-bond donors (Lipinski definition) is 1. The Morgan fingerprint density at radius 1 is 0.968 bits per heavy atom. The number of aryl methyl sites for hydroxylation is 1. The van der Waals surface area contributed by atoms with Gasteiger partial charge in [-0.05, 0) is 42.3 Å². The molecular weight excluding hydrogens is 411 g/mol. The zero-order valence-electron chi connectivity index (χ0n) is 17.0. The third-order valence-electron chi connectivity index (χ3n) is 4.77. The maximum Gasteiger partial charge on any atom is 0.234 e. The Kier molecular flexibility index (Phi) is 6.43. The van der Waals surface area contributed by atoms with Crippen molar-refractivity contribution in [1.29, 1.82) is 0 Å². The number of para-hydroxylation sites is 2. The Balaban J connectivity index is 1.60. The second-order valence-electron chi connectivity index (χ2n) is 6.80. The van der Waals surface area contributed by atoms with Crippen molar-refractivity contribution in [1.82, 2.24) is 14.8 Å². The van der Waals surface area contributed by atoms with Crippen molar-refractivity contribution in [2.75, 3.05) is 11.1 Å². The van der Waals surface area contributed by atoms with Crippen LogP contribution in [-0.4, -0.2) is 26.4 Å². The van der Waals surface area contributed by atoms with Crippen LogP contribution in [-0.2, 0) is 11.2 Å². The molecular formula is C24H21FN4OS. The summed E-state index contributed by atoms with van der Waals surface area (Å²) in [4.78, 5) is 12.6. The molecule has 0 aliphatic carbocycles. The molecule has 31 heavy (non-hydrogen) atoms. The molecule has 1 N–H and O–H groups in total. The van der Waals surface area contributed by atoms with Crippen molar-refractivity contribution >= 4 is 23.4 Å². The summed E-state index contributed by atoms with van der Waals surface area (Å²) >= 11 is 1.26. The van der Waals surface area contributed by atoms with Gasteiger partial charge in [0.25, 0.3) is 0 Å². The molecule has 1 heterocycles. The van der Waals surface area contributed by atoms with E-state index in [-0.39, 0.29) is 17.5 Å². The molecule has 0 bridgehead atoms. The maximum atomic E-state index is 14.5. The van der Waals surface area contributed by atoms with Crippen LogP contribution in [0.15, 0.2) is 84.0 Å². The zero-order valence-corrected chi connectivity index (χ0v) is 17.8. The summed E-state index contributed by atoms with van der Waals surface area (Å²) in [5.74, 6) is 0.0299. The maximum absolute atomic E-state index is 14.5. The molecule has 3 aromatic carbocycles. The molecule has 0 fully saturated rings. The van der Waals surface area contributed by atoms with E-state index >= 15 is 0 Å². The highest BCUT2D eigenvalue weighted by Gasteiger charge is 2.19. The first-order valence-electron chi connectivity index (χ1n) is 9.93. The van der Waals surface area contributed by atoms with E-state index in [0.717, 1.165) is 23.4 Å². The first-order valence-corrected chi connectivity index (χ1v) is 10.9. The molecule has 156 valence electrons. The first-order chi connectivity index (χ1) is 15.2. The summed E-state index contributed by atoms with van der Waals surface area (Å²) in [6.07, 6.45) is 0.831. The molecule has 5 nitrogen and oxygen atoms in total. The fourth-order valence-electron chi connectivity index (χ4n) is 3.26. The van der Waals surface area contributed by atoms with E-state index in [1.165, 1.54) is 17.8 Å². The van der Waals surface area contributed by atoms with Crippen molar-refractivity contribution in [3.8, 4) is 17.1 Å². The molecule has 0 atom stereocenters. The van der Waals surface area contributed by atoms with Gasteiger partial charge in [0.1, 0.15) is 5.82 Å². The molecule has 0 spiro atoms. The Morgan fingerprint density at radius 2 is 1.68 bits per heavy atom. The Morgan fingerprint density at radius 3 is 2.45 bits per heavy atom. The minimum atomic E-state index is -0.377. The van der Waals surface area contributed by atoms with E-state index in [1.807, 2.05) is 61.5 Å². The number of amides is 1. The molecule has 1 amide bonds. The van der Waals surface area contributed by atoms with Crippen LogP contribution in [0.25, 0.3) is 17.1 Å². The van der Waals surface area contributed by atoms with Crippen LogP contribution in [0.5, 0.6) is 0 Å². The van der Waals surface area contributed by atoms with Gasteiger partial charge >= 0.3 is 0 Å². The Bertz CT molecular complexity index is 1190. The van der Waals surface area contributed by atoms with Gasteiger partial charge in [0, 0.05) is 11.4 Å². The lowest BCUT2D eigenvalue weighted by Crippen LogP contribution is -2.15. The highest BCUT2D eigenvalue weighted by Crippen LogP contribution is 2.29. The molecule has 0 unspecified atom stereocenters. The first kappa shape index (κ1) is 20.8. The fourth-order valence-corrected chi connectivity index (χ4v) is 4.01. The second kappa shape index (κ2) is 9.57. The van der Waals surface area contributed by atoms with Crippen molar-refractivity contribution < 1.29 is 9.18 Å². The van der Waals surface area contributed by atoms with Crippen LogP contribution < -0.4 is 5.32 Å². The molecule has 0 radical (unpaired) electrons. The number of thioether (sulfide) groups is 1. The third-order valence-corrected chi connectivity index (χ3v) is 5.70. The summed E-state index contributed by atoms with van der Waals surface area (Å²) in [5.41, 5.74) is 3.04. The average molecular weight is 433 g/mol. The van der Waals surface area contributed by atoms with E-state index in [0.29, 0.717) is 16.5 Å². The number of benzene rings is 3. The number of rotatable bonds is 7. The quantitative estimate of drug-likeness (QED) is 0.399. The SMILES string of the molecule is CCc1ccccc1NC(=O)CSc1nnc(-c2ccccc2F)n1-c1ccccc1. The van der Waals surface area contributed by atoms with Gasteiger partial charge in [-0.1, -0.05) is 67.2 Å². The van der Waals surface area contributed by atoms with Gasteiger partial charge in [0.05, 0.1) is 11.3 Å². The largest absolute Gasteiger partial charge is 0.325 e. The third kappa shape index (κ3) is 4.67. The Labute approximate surface area is 184 Å². The van der Waals surface area contributed by atoms with Crippen molar-refractivity contribution in [3.63, 3.8) is 0 Å². The molecule has 1 aromatic heterocycles. The van der Waals surface area contributed by atoms with E-state index in [4.69, 9.17) is 0 Å². The van der Waals surface area contributed by atoms with Gasteiger partial charge in [-0.25, -0.2) is 4.39 Å². The standard InChI is InChI=1S/C24H21FN4OS/c1-2-17-10-6-9-15-21(17)26-22(30)16-31-24-28-27-23(19-13-7-8-14-20(19)25)29(24)18-11-4-3-5-12-18/h3-15H,2,16H2,1H3,(H,26,30). The summed E-state index contributed by atoms with van der Waals surface area (Å²) in [7, 11) is 0. The number of nitrogens with one attached hydrogen (secondary N) is 1. The number of carbonyl (C=O) groups is 1. The number of aromatic nitrogens is 3. The topological polar surface area (TPSA) is 59.8 Å². The van der Waals surface area contributed by atoms with Gasteiger partial charge < -0.3 is 5.32 Å². The minimum Gasteiger partial charge on any atom is -0.325 e. The highest BCUT2D eigenvalue weighted by molar-refractivity contribution is 7.99. The van der Waals surface area contributed by atoms with Crippen LogP contribution >= 0.6 is 11.8 Å². The smallest absolute Gasteiger partial charge is 0.234 e. The highest BCUT2D eigenvalue weighted by atomic mass is 32.2. The normalized spacial score (nSPS) is 10.8. The lowest BCUT2D eigenvalue weighted by atomic mass is 10.1. The molecule has 0 aliphatic heterocycles. The van der Waals surface area contributed by atoms with Gasteiger partial charge in [0.2, 0.25) is 5.91 Å². The van der Waals surface area contributed by atoms with Crippen LogP contribution in [0.2, 0.25) is 0 Å². The molecule has 0 saturated carbocycles. The Hall–Kier alpha value is -3.45. The lowest BCUT2D eigenvalue weighted by molar-refractivity contribution is -0.113. The molecule has 0 saturated heterocycles. The molecule has 4 aromatic rings. The monoisotopic (exact) mass is 432 g/mol. The minimum absolute atomic E-state index is 0.138. The summed E-state index contributed by atoms with van der Waals surface area (Å²) in [6.45, 7) is 2.05.